The number of oxazole rings is 1. The zero-order valence-electron chi connectivity index (χ0n) is 10.1. The van der Waals surface area contributed by atoms with E-state index >= 15 is 0 Å². The molecule has 0 radical (unpaired) electrons. The van der Waals surface area contributed by atoms with E-state index in [1.807, 2.05) is 30.3 Å². The quantitative estimate of drug-likeness (QED) is 0.580. The van der Waals surface area contributed by atoms with Crippen LogP contribution in [0, 0.1) is 0 Å². The Bertz CT molecular complexity index is 704. The van der Waals surface area contributed by atoms with Crippen molar-refractivity contribution in [3.63, 3.8) is 0 Å². The van der Waals surface area contributed by atoms with Crippen LogP contribution in [0.25, 0.3) is 22.6 Å². The van der Waals surface area contributed by atoms with Crippen molar-refractivity contribution in [3.8, 4) is 22.6 Å². The van der Waals surface area contributed by atoms with Gasteiger partial charge in [0.25, 0.3) is 5.35 Å². The van der Waals surface area contributed by atoms with Gasteiger partial charge in [0.15, 0.2) is 5.76 Å². The first-order chi connectivity index (χ1) is 9.63. The number of nitrogens with zero attached hydrogens (tertiary/aromatic N) is 1. The molecule has 2 aromatic carbocycles. The van der Waals surface area contributed by atoms with Gasteiger partial charge in [-0.15, -0.1) is 0 Å². The lowest BCUT2D eigenvalue weighted by Gasteiger charge is -2.02. The summed E-state index contributed by atoms with van der Waals surface area (Å²) < 4.78 is 5.50. The fourth-order valence-corrected chi connectivity index (χ4v) is 2.49. The summed E-state index contributed by atoms with van der Waals surface area (Å²) in [5.41, 5.74) is 2.29. The number of hydrogen-bond acceptors (Lipinski definition) is 2. The highest BCUT2D eigenvalue weighted by Crippen LogP contribution is 2.35. The van der Waals surface area contributed by atoms with Gasteiger partial charge in [-0.3, -0.25) is 0 Å². The maximum Gasteiger partial charge on any atom is 0.293 e. The molecule has 0 amide bonds. The third-order valence-corrected chi connectivity index (χ3v) is 3.42. The summed E-state index contributed by atoms with van der Waals surface area (Å²) in [6.45, 7) is 0. The van der Waals surface area contributed by atoms with Crippen LogP contribution in [0.2, 0.25) is 15.4 Å². The number of rotatable bonds is 2. The van der Waals surface area contributed by atoms with Gasteiger partial charge in [0.1, 0.15) is 5.69 Å². The summed E-state index contributed by atoms with van der Waals surface area (Å²) in [7, 11) is 0. The average molecular weight is 325 g/mol. The maximum absolute atomic E-state index is 6.01. The standard InChI is InChI=1S/C15H8Cl3NO/c16-11-5-1-3-9(7-11)13-14(20-15(18)19-13)10-4-2-6-12(17)8-10/h1-8H. The third kappa shape index (κ3) is 2.68. The van der Waals surface area contributed by atoms with Crippen LogP contribution in [-0.4, -0.2) is 4.98 Å². The van der Waals surface area contributed by atoms with E-state index in [-0.39, 0.29) is 5.35 Å². The Hall–Kier alpha value is -1.48. The van der Waals surface area contributed by atoms with Crippen molar-refractivity contribution in [1.29, 1.82) is 0 Å². The van der Waals surface area contributed by atoms with Crippen LogP contribution < -0.4 is 0 Å². The molecule has 0 spiro atoms. The molecule has 0 bridgehead atoms. The SMILES string of the molecule is Clc1cccc(-c2nc(Cl)oc2-c2cccc(Cl)c2)c1. The molecule has 5 heteroatoms. The first-order valence-corrected chi connectivity index (χ1v) is 6.95. The van der Waals surface area contributed by atoms with Crippen molar-refractivity contribution in [2.75, 3.05) is 0 Å². The van der Waals surface area contributed by atoms with E-state index < -0.39 is 0 Å². The molecule has 3 rings (SSSR count). The van der Waals surface area contributed by atoms with Crippen LogP contribution in [0.5, 0.6) is 0 Å². The van der Waals surface area contributed by atoms with E-state index in [1.54, 1.807) is 18.2 Å². The average Bonchev–Trinajstić information content (AvgIpc) is 2.81. The van der Waals surface area contributed by atoms with Crippen LogP contribution in [0.4, 0.5) is 0 Å². The summed E-state index contributed by atoms with van der Waals surface area (Å²) in [5.74, 6) is 0.569. The zero-order chi connectivity index (χ0) is 14.1. The molecule has 0 saturated carbocycles. The molecule has 0 atom stereocenters. The third-order valence-electron chi connectivity index (χ3n) is 2.79. The lowest BCUT2D eigenvalue weighted by Crippen LogP contribution is -1.82. The summed E-state index contributed by atoms with van der Waals surface area (Å²) in [4.78, 5) is 4.23. The van der Waals surface area contributed by atoms with Gasteiger partial charge in [-0.05, 0) is 35.9 Å². The Balaban J connectivity index is 2.18. The van der Waals surface area contributed by atoms with Gasteiger partial charge >= 0.3 is 0 Å². The van der Waals surface area contributed by atoms with E-state index in [4.69, 9.17) is 39.2 Å². The van der Waals surface area contributed by atoms with Crippen LogP contribution in [0.15, 0.2) is 52.9 Å². The predicted molar refractivity (Wildman–Crippen MR) is 82.4 cm³/mol. The molecule has 0 aliphatic rings. The van der Waals surface area contributed by atoms with Crippen molar-refractivity contribution in [2.24, 2.45) is 0 Å². The van der Waals surface area contributed by atoms with E-state index in [1.165, 1.54) is 0 Å². The Morgan fingerprint density at radius 2 is 1.40 bits per heavy atom. The normalized spacial score (nSPS) is 10.8. The molecule has 3 aromatic rings. The Morgan fingerprint density at radius 3 is 2.05 bits per heavy atom. The number of aromatic nitrogens is 1. The minimum Gasteiger partial charge on any atom is -0.427 e. The fraction of sp³-hybridized carbons (Fsp3) is 0. The van der Waals surface area contributed by atoms with Crippen LogP contribution in [0.1, 0.15) is 0 Å². The second kappa shape index (κ2) is 5.49. The van der Waals surface area contributed by atoms with Crippen LogP contribution in [-0.2, 0) is 0 Å². The maximum atomic E-state index is 6.01. The van der Waals surface area contributed by atoms with Crippen molar-refractivity contribution in [2.45, 2.75) is 0 Å². The predicted octanol–water partition coefficient (Wildman–Crippen LogP) is 5.97. The molecule has 0 aliphatic heterocycles. The Morgan fingerprint density at radius 1 is 0.800 bits per heavy atom. The van der Waals surface area contributed by atoms with Crippen LogP contribution in [0.3, 0.4) is 0 Å². The van der Waals surface area contributed by atoms with Gasteiger partial charge in [0, 0.05) is 21.2 Å². The van der Waals surface area contributed by atoms with E-state index in [2.05, 4.69) is 4.98 Å². The molecule has 0 N–H and O–H groups in total. The monoisotopic (exact) mass is 323 g/mol. The molecule has 20 heavy (non-hydrogen) atoms. The van der Waals surface area contributed by atoms with Gasteiger partial charge in [-0.2, -0.15) is 4.98 Å². The smallest absolute Gasteiger partial charge is 0.293 e. The summed E-state index contributed by atoms with van der Waals surface area (Å²) in [5, 5.41) is 1.32. The highest BCUT2D eigenvalue weighted by molar-refractivity contribution is 6.31. The number of halogens is 3. The fourth-order valence-electron chi connectivity index (χ4n) is 1.95. The van der Waals surface area contributed by atoms with Crippen molar-refractivity contribution < 1.29 is 4.42 Å². The molecular formula is C15H8Cl3NO. The molecule has 0 fully saturated rings. The molecular weight excluding hydrogens is 317 g/mol. The topological polar surface area (TPSA) is 26.0 Å². The van der Waals surface area contributed by atoms with E-state index in [0.717, 1.165) is 11.1 Å². The minimum atomic E-state index is 0.0787. The van der Waals surface area contributed by atoms with Gasteiger partial charge in [-0.25, -0.2) is 0 Å². The van der Waals surface area contributed by atoms with E-state index in [9.17, 15) is 0 Å². The number of hydrogen-bond donors (Lipinski definition) is 0. The molecule has 1 heterocycles. The minimum absolute atomic E-state index is 0.0787. The summed E-state index contributed by atoms with van der Waals surface area (Å²) >= 11 is 17.9. The Kier molecular flexibility index (Phi) is 3.70. The first-order valence-electron chi connectivity index (χ1n) is 5.82. The second-order valence-corrected chi connectivity index (χ2v) is 5.36. The van der Waals surface area contributed by atoms with Crippen molar-refractivity contribution >= 4 is 34.8 Å². The molecule has 100 valence electrons. The number of benzene rings is 2. The molecule has 1 aromatic heterocycles. The van der Waals surface area contributed by atoms with Gasteiger partial charge in [0.05, 0.1) is 0 Å². The molecule has 0 unspecified atom stereocenters. The van der Waals surface area contributed by atoms with Gasteiger partial charge < -0.3 is 4.42 Å². The zero-order valence-corrected chi connectivity index (χ0v) is 12.4. The Labute approximate surface area is 130 Å². The summed E-state index contributed by atoms with van der Waals surface area (Å²) in [6, 6.07) is 14.7. The second-order valence-electron chi connectivity index (χ2n) is 4.17. The van der Waals surface area contributed by atoms with E-state index in [0.29, 0.717) is 21.5 Å². The lowest BCUT2D eigenvalue weighted by molar-refractivity contribution is 0.574. The summed E-state index contributed by atoms with van der Waals surface area (Å²) in [6.07, 6.45) is 0. The lowest BCUT2D eigenvalue weighted by atomic mass is 10.1. The van der Waals surface area contributed by atoms with Crippen molar-refractivity contribution in [3.05, 3.63) is 63.9 Å². The van der Waals surface area contributed by atoms with Gasteiger partial charge in [-0.1, -0.05) is 47.5 Å². The largest absolute Gasteiger partial charge is 0.427 e. The highest BCUT2D eigenvalue weighted by atomic mass is 35.5. The van der Waals surface area contributed by atoms with Gasteiger partial charge in [0.2, 0.25) is 0 Å². The van der Waals surface area contributed by atoms with Crippen molar-refractivity contribution in [1.82, 2.24) is 4.98 Å². The molecule has 0 aliphatic carbocycles. The highest BCUT2D eigenvalue weighted by Gasteiger charge is 2.16. The first kappa shape index (κ1) is 13.5. The van der Waals surface area contributed by atoms with Crippen LogP contribution >= 0.6 is 34.8 Å². The molecule has 0 saturated heterocycles. The molecule has 2 nitrogen and oxygen atoms in total.